The topological polar surface area (TPSA) is 92.4 Å². The van der Waals surface area contributed by atoms with Gasteiger partial charge in [0.25, 0.3) is 5.91 Å². The maximum atomic E-state index is 11.7. The third-order valence-electron chi connectivity index (χ3n) is 2.21. The van der Waals surface area contributed by atoms with Gasteiger partial charge in [0.05, 0.1) is 0 Å². The van der Waals surface area contributed by atoms with Gasteiger partial charge in [0.15, 0.2) is 0 Å². The highest BCUT2D eigenvalue weighted by Gasteiger charge is 2.16. The average Bonchev–Trinajstić information content (AvgIpc) is 2.16. The molecule has 0 aliphatic heterocycles. The van der Waals surface area contributed by atoms with Crippen molar-refractivity contribution >= 4 is 17.6 Å². The number of hydrogen-bond donors (Lipinski definition) is 3. The van der Waals surface area contributed by atoms with Crippen LogP contribution in [0.15, 0.2) is 18.2 Å². The van der Waals surface area contributed by atoms with E-state index in [1.807, 2.05) is 0 Å². The first kappa shape index (κ1) is 12.0. The molecular formula is C11H14N2O3. The summed E-state index contributed by atoms with van der Waals surface area (Å²) in [5.41, 5.74) is 7.27. The molecule has 0 bridgehead atoms. The molecule has 86 valence electrons. The predicted octanol–water partition coefficient (Wildman–Crippen LogP) is 0.780. The van der Waals surface area contributed by atoms with Crippen LogP contribution in [0.5, 0.6) is 0 Å². The molecule has 0 unspecified atom stereocenters. The van der Waals surface area contributed by atoms with Crippen LogP contribution in [-0.2, 0) is 4.79 Å². The number of amides is 1. The number of carboxylic acids is 1. The van der Waals surface area contributed by atoms with Gasteiger partial charge in [-0.05, 0) is 37.6 Å². The average molecular weight is 222 g/mol. The summed E-state index contributed by atoms with van der Waals surface area (Å²) in [6.45, 7) is 3.16. The van der Waals surface area contributed by atoms with Crippen molar-refractivity contribution in [2.45, 2.75) is 19.9 Å². The Bertz CT molecular complexity index is 429. The van der Waals surface area contributed by atoms with Crippen molar-refractivity contribution in [1.82, 2.24) is 5.32 Å². The van der Waals surface area contributed by atoms with Gasteiger partial charge >= 0.3 is 5.97 Å². The molecule has 0 aliphatic rings. The number of benzene rings is 1. The summed E-state index contributed by atoms with van der Waals surface area (Å²) >= 11 is 0. The SMILES string of the molecule is Cc1cc(N)ccc1C(=O)N[C@H](C)C(=O)O. The minimum Gasteiger partial charge on any atom is -0.480 e. The van der Waals surface area contributed by atoms with Crippen molar-refractivity contribution in [3.63, 3.8) is 0 Å². The Balaban J connectivity index is 2.85. The maximum Gasteiger partial charge on any atom is 0.325 e. The van der Waals surface area contributed by atoms with Gasteiger partial charge in [-0.3, -0.25) is 9.59 Å². The first-order valence-electron chi connectivity index (χ1n) is 4.81. The van der Waals surface area contributed by atoms with Crippen LogP contribution in [-0.4, -0.2) is 23.0 Å². The molecule has 0 radical (unpaired) electrons. The lowest BCUT2D eigenvalue weighted by molar-refractivity contribution is -0.138. The number of rotatable bonds is 3. The van der Waals surface area contributed by atoms with Gasteiger partial charge in [0, 0.05) is 11.3 Å². The Labute approximate surface area is 93.3 Å². The van der Waals surface area contributed by atoms with Crippen LogP contribution < -0.4 is 11.1 Å². The summed E-state index contributed by atoms with van der Waals surface area (Å²) < 4.78 is 0. The number of nitrogens with two attached hydrogens (primary N) is 1. The molecular weight excluding hydrogens is 208 g/mol. The fraction of sp³-hybridized carbons (Fsp3) is 0.273. The summed E-state index contributed by atoms with van der Waals surface area (Å²) in [7, 11) is 0. The minimum absolute atomic E-state index is 0.410. The van der Waals surface area contributed by atoms with Crippen molar-refractivity contribution in [3.8, 4) is 0 Å². The van der Waals surface area contributed by atoms with Crippen LogP contribution in [0.2, 0.25) is 0 Å². The summed E-state index contributed by atoms with van der Waals surface area (Å²) in [5, 5.41) is 11.0. The Kier molecular flexibility index (Phi) is 3.50. The number of nitrogen functional groups attached to an aromatic ring is 1. The molecule has 0 spiro atoms. The van der Waals surface area contributed by atoms with Crippen molar-refractivity contribution < 1.29 is 14.7 Å². The standard InChI is InChI=1S/C11H14N2O3/c1-6-5-8(12)3-4-9(6)10(14)13-7(2)11(15)16/h3-5,7H,12H2,1-2H3,(H,13,14)(H,15,16)/t7-/m1/s1. The van der Waals surface area contributed by atoms with Crippen molar-refractivity contribution in [3.05, 3.63) is 29.3 Å². The fourth-order valence-corrected chi connectivity index (χ4v) is 1.28. The van der Waals surface area contributed by atoms with Gasteiger partial charge < -0.3 is 16.2 Å². The summed E-state index contributed by atoms with van der Waals surface area (Å²) in [6, 6.07) is 3.94. The number of carbonyl (C=O) groups excluding carboxylic acids is 1. The van der Waals surface area contributed by atoms with Crippen molar-refractivity contribution in [2.75, 3.05) is 5.73 Å². The predicted molar refractivity (Wildman–Crippen MR) is 60.2 cm³/mol. The summed E-state index contributed by atoms with van der Waals surface area (Å²) in [5.74, 6) is -1.48. The van der Waals surface area contributed by atoms with Crippen LogP contribution in [0.25, 0.3) is 0 Å². The molecule has 16 heavy (non-hydrogen) atoms. The lowest BCUT2D eigenvalue weighted by Crippen LogP contribution is -2.38. The quantitative estimate of drug-likeness (QED) is 0.659. The first-order chi connectivity index (χ1) is 7.41. The van der Waals surface area contributed by atoms with Crippen molar-refractivity contribution in [2.24, 2.45) is 0 Å². The van der Waals surface area contributed by atoms with Crippen LogP contribution in [0.3, 0.4) is 0 Å². The third kappa shape index (κ3) is 2.73. The van der Waals surface area contributed by atoms with Crippen LogP contribution in [0, 0.1) is 6.92 Å². The zero-order chi connectivity index (χ0) is 12.3. The smallest absolute Gasteiger partial charge is 0.325 e. The lowest BCUT2D eigenvalue weighted by atomic mass is 10.1. The molecule has 0 aliphatic carbocycles. The maximum absolute atomic E-state index is 11.7. The van der Waals surface area contributed by atoms with E-state index in [4.69, 9.17) is 10.8 Å². The number of carbonyl (C=O) groups is 2. The zero-order valence-corrected chi connectivity index (χ0v) is 9.15. The number of carboxylic acid groups (broad SMARTS) is 1. The van der Waals surface area contributed by atoms with Gasteiger partial charge in [0.2, 0.25) is 0 Å². The Morgan fingerprint density at radius 1 is 1.44 bits per heavy atom. The van der Waals surface area contributed by atoms with Gasteiger partial charge in [-0.2, -0.15) is 0 Å². The van der Waals surface area contributed by atoms with E-state index in [-0.39, 0.29) is 0 Å². The normalized spacial score (nSPS) is 11.9. The van der Waals surface area contributed by atoms with Crippen molar-refractivity contribution in [1.29, 1.82) is 0 Å². The van der Waals surface area contributed by atoms with E-state index in [9.17, 15) is 9.59 Å². The number of aliphatic carboxylic acids is 1. The minimum atomic E-state index is -1.07. The van der Waals surface area contributed by atoms with E-state index in [2.05, 4.69) is 5.32 Å². The lowest BCUT2D eigenvalue weighted by Gasteiger charge is -2.11. The molecule has 1 amide bonds. The zero-order valence-electron chi connectivity index (χ0n) is 9.15. The second kappa shape index (κ2) is 4.65. The highest BCUT2D eigenvalue weighted by atomic mass is 16.4. The second-order valence-corrected chi connectivity index (χ2v) is 3.61. The monoisotopic (exact) mass is 222 g/mol. The Hall–Kier alpha value is -2.04. The van der Waals surface area contributed by atoms with Gasteiger partial charge in [-0.1, -0.05) is 0 Å². The number of anilines is 1. The number of hydrogen-bond acceptors (Lipinski definition) is 3. The molecule has 0 saturated carbocycles. The van der Waals surface area contributed by atoms with E-state index in [1.165, 1.54) is 6.92 Å². The first-order valence-corrected chi connectivity index (χ1v) is 4.81. The third-order valence-corrected chi connectivity index (χ3v) is 2.21. The van der Waals surface area contributed by atoms with E-state index in [0.717, 1.165) is 5.56 Å². The van der Waals surface area contributed by atoms with Gasteiger partial charge in [0.1, 0.15) is 6.04 Å². The molecule has 0 fully saturated rings. The van der Waals surface area contributed by atoms with Crippen LogP contribution in [0.1, 0.15) is 22.8 Å². The molecule has 1 atom stereocenters. The second-order valence-electron chi connectivity index (χ2n) is 3.61. The summed E-state index contributed by atoms with van der Waals surface area (Å²) in [6.07, 6.45) is 0. The van der Waals surface area contributed by atoms with Crippen LogP contribution >= 0.6 is 0 Å². The number of aryl methyl sites for hydroxylation is 1. The van der Waals surface area contributed by atoms with E-state index < -0.39 is 17.9 Å². The van der Waals surface area contributed by atoms with E-state index >= 15 is 0 Å². The summed E-state index contributed by atoms with van der Waals surface area (Å²) in [4.78, 5) is 22.2. The molecule has 1 aromatic carbocycles. The molecule has 5 nitrogen and oxygen atoms in total. The Morgan fingerprint density at radius 3 is 2.56 bits per heavy atom. The van der Waals surface area contributed by atoms with Crippen LogP contribution in [0.4, 0.5) is 5.69 Å². The highest BCUT2D eigenvalue weighted by molar-refractivity contribution is 5.98. The van der Waals surface area contributed by atoms with Gasteiger partial charge in [-0.25, -0.2) is 0 Å². The highest BCUT2D eigenvalue weighted by Crippen LogP contribution is 2.12. The molecule has 0 heterocycles. The van der Waals surface area contributed by atoms with E-state index in [0.29, 0.717) is 11.3 Å². The molecule has 1 rings (SSSR count). The van der Waals surface area contributed by atoms with E-state index in [1.54, 1.807) is 25.1 Å². The Morgan fingerprint density at radius 2 is 2.06 bits per heavy atom. The fourth-order valence-electron chi connectivity index (χ4n) is 1.28. The molecule has 0 aromatic heterocycles. The molecule has 1 aromatic rings. The largest absolute Gasteiger partial charge is 0.480 e. The van der Waals surface area contributed by atoms with Gasteiger partial charge in [-0.15, -0.1) is 0 Å². The molecule has 4 N–H and O–H groups in total. The number of nitrogens with one attached hydrogen (secondary N) is 1. The molecule has 5 heteroatoms. The molecule has 0 saturated heterocycles.